The molecule has 128 valence electrons. The fourth-order valence-corrected chi connectivity index (χ4v) is 3.39. The zero-order chi connectivity index (χ0) is 15.8. The van der Waals surface area contributed by atoms with Gasteiger partial charge < -0.3 is 14.2 Å². The predicted octanol–water partition coefficient (Wildman–Crippen LogP) is 4.50. The summed E-state index contributed by atoms with van der Waals surface area (Å²) in [6.07, 6.45) is 13.6. The van der Waals surface area contributed by atoms with E-state index in [0.29, 0.717) is 5.92 Å². The van der Waals surface area contributed by atoms with E-state index in [1.54, 1.807) is 0 Å². The SMILES string of the molecule is CCCCCCC/C=C\[C@@H]1OC[C@H](C)[C@H](OCCC)[C@]12CO2. The molecule has 4 atom stereocenters. The maximum Gasteiger partial charge on any atom is 0.147 e. The van der Waals surface area contributed by atoms with Crippen LogP contribution in [0.15, 0.2) is 12.2 Å². The van der Waals surface area contributed by atoms with Gasteiger partial charge in [-0.05, 0) is 19.3 Å². The molecule has 1 spiro atoms. The first-order valence-electron chi connectivity index (χ1n) is 9.28. The Bertz CT molecular complexity index is 336. The summed E-state index contributed by atoms with van der Waals surface area (Å²) in [5.41, 5.74) is -0.203. The molecule has 0 aromatic carbocycles. The molecule has 2 aliphatic rings. The Morgan fingerprint density at radius 3 is 2.59 bits per heavy atom. The molecule has 0 unspecified atom stereocenters. The summed E-state index contributed by atoms with van der Waals surface area (Å²) >= 11 is 0. The Labute approximate surface area is 136 Å². The lowest BCUT2D eigenvalue weighted by atomic mass is 9.85. The van der Waals surface area contributed by atoms with Gasteiger partial charge in [0, 0.05) is 12.5 Å². The smallest absolute Gasteiger partial charge is 0.147 e. The first-order valence-corrected chi connectivity index (χ1v) is 9.28. The second-order valence-corrected chi connectivity index (χ2v) is 6.90. The van der Waals surface area contributed by atoms with Crippen molar-refractivity contribution in [3.05, 3.63) is 12.2 Å². The van der Waals surface area contributed by atoms with Crippen LogP contribution in [0.1, 0.15) is 65.7 Å². The molecular weight excluding hydrogens is 276 g/mol. The summed E-state index contributed by atoms with van der Waals surface area (Å²) in [6.45, 7) is 8.97. The van der Waals surface area contributed by atoms with Crippen LogP contribution in [0.25, 0.3) is 0 Å². The molecule has 3 heteroatoms. The Morgan fingerprint density at radius 2 is 1.91 bits per heavy atom. The molecule has 2 fully saturated rings. The van der Waals surface area contributed by atoms with E-state index in [1.807, 2.05) is 0 Å². The molecule has 2 saturated heterocycles. The van der Waals surface area contributed by atoms with Crippen LogP contribution < -0.4 is 0 Å². The van der Waals surface area contributed by atoms with E-state index < -0.39 is 0 Å². The monoisotopic (exact) mass is 310 g/mol. The van der Waals surface area contributed by atoms with Crippen molar-refractivity contribution < 1.29 is 14.2 Å². The number of hydrogen-bond acceptors (Lipinski definition) is 3. The van der Waals surface area contributed by atoms with Crippen molar-refractivity contribution in [3.63, 3.8) is 0 Å². The summed E-state index contributed by atoms with van der Waals surface area (Å²) in [5.74, 6) is 0.410. The number of ether oxygens (including phenoxy) is 3. The number of allylic oxidation sites excluding steroid dienone is 1. The molecule has 0 aliphatic carbocycles. The van der Waals surface area contributed by atoms with Crippen LogP contribution in [0.4, 0.5) is 0 Å². The van der Waals surface area contributed by atoms with Gasteiger partial charge in [0.2, 0.25) is 0 Å². The van der Waals surface area contributed by atoms with Crippen LogP contribution in [-0.2, 0) is 14.2 Å². The number of hydrogen-bond donors (Lipinski definition) is 0. The van der Waals surface area contributed by atoms with Gasteiger partial charge in [0.25, 0.3) is 0 Å². The van der Waals surface area contributed by atoms with Crippen molar-refractivity contribution in [2.75, 3.05) is 19.8 Å². The van der Waals surface area contributed by atoms with Crippen molar-refractivity contribution in [2.24, 2.45) is 5.92 Å². The third-order valence-corrected chi connectivity index (χ3v) is 4.78. The average molecular weight is 310 g/mol. The van der Waals surface area contributed by atoms with E-state index in [4.69, 9.17) is 14.2 Å². The van der Waals surface area contributed by atoms with Gasteiger partial charge >= 0.3 is 0 Å². The molecule has 2 aliphatic heterocycles. The molecule has 0 aromatic heterocycles. The standard InChI is InChI=1S/C19H34O3/c1-4-6-7-8-9-10-11-12-17-19(15-22-19)18(20-13-5-2)16(3)14-21-17/h11-12,16-18H,4-10,13-15H2,1-3H3/b12-11-/t16-,17-,18-,19-/m0/s1. The van der Waals surface area contributed by atoms with E-state index >= 15 is 0 Å². The highest BCUT2D eigenvalue weighted by Crippen LogP contribution is 2.45. The third-order valence-electron chi connectivity index (χ3n) is 4.78. The van der Waals surface area contributed by atoms with Crippen LogP contribution in [-0.4, -0.2) is 37.6 Å². The van der Waals surface area contributed by atoms with E-state index in [2.05, 4.69) is 32.9 Å². The molecule has 2 heterocycles. The largest absolute Gasteiger partial charge is 0.375 e. The maximum absolute atomic E-state index is 6.09. The summed E-state index contributed by atoms with van der Waals surface area (Å²) in [7, 11) is 0. The lowest BCUT2D eigenvalue weighted by molar-refractivity contribution is -0.142. The highest BCUT2D eigenvalue weighted by Gasteiger charge is 2.61. The minimum Gasteiger partial charge on any atom is -0.375 e. The predicted molar refractivity (Wildman–Crippen MR) is 90.1 cm³/mol. The fraction of sp³-hybridized carbons (Fsp3) is 0.895. The summed E-state index contributed by atoms with van der Waals surface area (Å²) < 4.78 is 18.0. The molecule has 0 radical (unpaired) electrons. The molecule has 22 heavy (non-hydrogen) atoms. The molecule has 0 aromatic rings. The van der Waals surface area contributed by atoms with Crippen molar-refractivity contribution in [2.45, 2.75) is 83.5 Å². The van der Waals surface area contributed by atoms with Crippen molar-refractivity contribution in [1.82, 2.24) is 0 Å². The van der Waals surface area contributed by atoms with E-state index in [0.717, 1.165) is 32.7 Å². The minimum atomic E-state index is -0.203. The number of epoxide rings is 1. The normalized spacial score (nSPS) is 34.6. The minimum absolute atomic E-state index is 0.0706. The lowest BCUT2D eigenvalue weighted by Crippen LogP contribution is -2.53. The topological polar surface area (TPSA) is 31.0 Å². The summed E-state index contributed by atoms with van der Waals surface area (Å²) in [4.78, 5) is 0. The Morgan fingerprint density at radius 1 is 1.14 bits per heavy atom. The van der Waals surface area contributed by atoms with Gasteiger partial charge in [0.1, 0.15) is 11.7 Å². The molecule has 3 nitrogen and oxygen atoms in total. The average Bonchev–Trinajstić information content (AvgIpc) is 3.29. The van der Waals surface area contributed by atoms with Gasteiger partial charge in [0.15, 0.2) is 0 Å². The van der Waals surface area contributed by atoms with E-state index in [1.165, 1.54) is 32.1 Å². The maximum atomic E-state index is 6.09. The van der Waals surface area contributed by atoms with Crippen LogP contribution in [0.5, 0.6) is 0 Å². The Hall–Kier alpha value is -0.380. The summed E-state index contributed by atoms with van der Waals surface area (Å²) in [6, 6.07) is 0. The molecule has 0 bridgehead atoms. The summed E-state index contributed by atoms with van der Waals surface area (Å²) in [5, 5.41) is 0. The van der Waals surface area contributed by atoms with Gasteiger partial charge in [-0.15, -0.1) is 0 Å². The lowest BCUT2D eigenvalue weighted by Gasteiger charge is -2.39. The Kier molecular flexibility index (Phi) is 7.39. The first-order chi connectivity index (χ1) is 10.7. The quantitative estimate of drug-likeness (QED) is 0.338. The van der Waals surface area contributed by atoms with Gasteiger partial charge in [0.05, 0.1) is 19.3 Å². The second-order valence-electron chi connectivity index (χ2n) is 6.90. The van der Waals surface area contributed by atoms with Crippen LogP contribution >= 0.6 is 0 Å². The molecule has 0 N–H and O–H groups in total. The van der Waals surface area contributed by atoms with E-state index in [-0.39, 0.29) is 17.8 Å². The molecule has 0 amide bonds. The van der Waals surface area contributed by atoms with Crippen LogP contribution in [0.3, 0.4) is 0 Å². The van der Waals surface area contributed by atoms with Gasteiger partial charge in [-0.1, -0.05) is 58.6 Å². The number of unbranched alkanes of at least 4 members (excludes halogenated alkanes) is 5. The molecular formula is C19H34O3. The van der Waals surface area contributed by atoms with E-state index in [9.17, 15) is 0 Å². The van der Waals surface area contributed by atoms with Gasteiger partial charge in [-0.25, -0.2) is 0 Å². The second kappa shape index (κ2) is 9.05. The highest BCUT2D eigenvalue weighted by atomic mass is 16.7. The fourth-order valence-electron chi connectivity index (χ4n) is 3.39. The zero-order valence-corrected chi connectivity index (χ0v) is 14.7. The third kappa shape index (κ3) is 4.56. The molecule has 0 saturated carbocycles. The van der Waals surface area contributed by atoms with Crippen molar-refractivity contribution in [3.8, 4) is 0 Å². The number of rotatable bonds is 10. The zero-order valence-electron chi connectivity index (χ0n) is 14.7. The van der Waals surface area contributed by atoms with Crippen molar-refractivity contribution in [1.29, 1.82) is 0 Å². The van der Waals surface area contributed by atoms with Crippen LogP contribution in [0, 0.1) is 5.92 Å². The van der Waals surface area contributed by atoms with Gasteiger partial charge in [-0.2, -0.15) is 0 Å². The van der Waals surface area contributed by atoms with Crippen LogP contribution in [0.2, 0.25) is 0 Å². The Balaban J connectivity index is 1.78. The van der Waals surface area contributed by atoms with Gasteiger partial charge in [-0.3, -0.25) is 0 Å². The highest BCUT2D eigenvalue weighted by molar-refractivity contribution is 5.16. The first kappa shape index (κ1) is 18.0. The molecule has 2 rings (SSSR count). The van der Waals surface area contributed by atoms with Crippen molar-refractivity contribution >= 4 is 0 Å².